The second-order valence-electron chi connectivity index (χ2n) is 3.99. The molecule has 0 bridgehead atoms. The van der Waals surface area contributed by atoms with Crippen molar-refractivity contribution in [1.29, 1.82) is 5.26 Å². The molecule has 16 heavy (non-hydrogen) atoms. The van der Waals surface area contributed by atoms with Gasteiger partial charge in [-0.2, -0.15) is 17.0 Å². The summed E-state index contributed by atoms with van der Waals surface area (Å²) in [6, 6.07) is 8.58. The van der Waals surface area contributed by atoms with Gasteiger partial charge in [0.25, 0.3) is 0 Å². The third-order valence-electron chi connectivity index (χ3n) is 2.45. The molecular weight excluding hydrogens is 216 g/mol. The molecule has 1 unspecified atom stereocenters. The Hall–Kier alpha value is -1.14. The Morgan fingerprint density at radius 2 is 2.25 bits per heavy atom. The van der Waals surface area contributed by atoms with Gasteiger partial charge in [-0.25, -0.2) is 0 Å². The summed E-state index contributed by atoms with van der Waals surface area (Å²) in [5.41, 5.74) is 2.80. The second-order valence-corrected chi connectivity index (χ2v) is 4.97. The molecule has 1 aromatic carbocycles. The standard InChI is InChI=1S/C13H18N2S/c1-10-4-5-13(12(8-10)9-14)15-11(2)6-7-16-3/h4-5,8,11,15H,6-7H2,1-3H3. The SMILES string of the molecule is CSCCC(C)Nc1ccc(C)cc1C#N. The van der Waals surface area contributed by atoms with Gasteiger partial charge >= 0.3 is 0 Å². The molecule has 3 heteroatoms. The van der Waals surface area contributed by atoms with Crippen LogP contribution in [0.15, 0.2) is 18.2 Å². The lowest BCUT2D eigenvalue weighted by Crippen LogP contribution is -2.16. The van der Waals surface area contributed by atoms with Crippen LogP contribution in [-0.4, -0.2) is 18.1 Å². The summed E-state index contributed by atoms with van der Waals surface area (Å²) < 4.78 is 0. The van der Waals surface area contributed by atoms with E-state index in [4.69, 9.17) is 5.26 Å². The maximum Gasteiger partial charge on any atom is 0.101 e. The first-order valence-electron chi connectivity index (χ1n) is 5.43. The van der Waals surface area contributed by atoms with Gasteiger partial charge in [-0.05, 0) is 50.0 Å². The van der Waals surface area contributed by atoms with Crippen LogP contribution in [-0.2, 0) is 0 Å². The Morgan fingerprint density at radius 1 is 1.50 bits per heavy atom. The first-order chi connectivity index (χ1) is 7.67. The van der Waals surface area contributed by atoms with Crippen LogP contribution >= 0.6 is 11.8 Å². The van der Waals surface area contributed by atoms with E-state index >= 15 is 0 Å². The topological polar surface area (TPSA) is 35.8 Å². The largest absolute Gasteiger partial charge is 0.381 e. The average Bonchev–Trinajstić information content (AvgIpc) is 2.28. The van der Waals surface area contributed by atoms with Gasteiger partial charge in [0.2, 0.25) is 0 Å². The maximum atomic E-state index is 9.04. The predicted octanol–water partition coefficient (Wildman–Crippen LogP) is 3.42. The molecule has 0 aliphatic rings. The van der Waals surface area contributed by atoms with Crippen LogP contribution in [0.4, 0.5) is 5.69 Å². The van der Waals surface area contributed by atoms with Gasteiger partial charge in [-0.3, -0.25) is 0 Å². The second kappa shape index (κ2) is 6.44. The van der Waals surface area contributed by atoms with Crippen LogP contribution < -0.4 is 5.32 Å². The van der Waals surface area contributed by atoms with Crippen molar-refractivity contribution >= 4 is 17.4 Å². The summed E-state index contributed by atoms with van der Waals surface area (Å²) in [4.78, 5) is 0. The maximum absolute atomic E-state index is 9.04. The Kier molecular flexibility index (Phi) is 5.21. The lowest BCUT2D eigenvalue weighted by atomic mass is 10.1. The highest BCUT2D eigenvalue weighted by atomic mass is 32.2. The molecule has 0 amide bonds. The normalized spacial score (nSPS) is 11.9. The Balaban J connectivity index is 2.70. The van der Waals surface area contributed by atoms with E-state index in [1.807, 2.05) is 36.9 Å². The lowest BCUT2D eigenvalue weighted by molar-refractivity contribution is 0.771. The monoisotopic (exact) mass is 234 g/mol. The molecule has 86 valence electrons. The van der Waals surface area contributed by atoms with Crippen molar-refractivity contribution < 1.29 is 0 Å². The minimum absolute atomic E-state index is 0.405. The van der Waals surface area contributed by atoms with Crippen molar-refractivity contribution in [2.75, 3.05) is 17.3 Å². The number of rotatable bonds is 5. The quantitative estimate of drug-likeness (QED) is 0.848. The third-order valence-corrected chi connectivity index (χ3v) is 3.10. The summed E-state index contributed by atoms with van der Waals surface area (Å²) in [6.07, 6.45) is 3.22. The van der Waals surface area contributed by atoms with E-state index in [0.717, 1.165) is 29.0 Å². The van der Waals surface area contributed by atoms with Gasteiger partial charge in [0.1, 0.15) is 6.07 Å². The molecule has 1 N–H and O–H groups in total. The summed E-state index contributed by atoms with van der Waals surface area (Å²) in [5, 5.41) is 12.4. The summed E-state index contributed by atoms with van der Waals surface area (Å²) in [6.45, 7) is 4.15. The van der Waals surface area contributed by atoms with E-state index in [-0.39, 0.29) is 0 Å². The summed E-state index contributed by atoms with van der Waals surface area (Å²) in [5.74, 6) is 1.14. The van der Waals surface area contributed by atoms with E-state index in [1.165, 1.54) is 0 Å². The minimum Gasteiger partial charge on any atom is -0.381 e. The smallest absolute Gasteiger partial charge is 0.101 e. The number of nitriles is 1. The van der Waals surface area contributed by atoms with E-state index in [1.54, 1.807) is 0 Å². The number of nitrogens with zero attached hydrogens (tertiary/aromatic N) is 1. The number of hydrogen-bond acceptors (Lipinski definition) is 3. The Bertz CT molecular complexity index is 382. The average molecular weight is 234 g/mol. The van der Waals surface area contributed by atoms with Gasteiger partial charge in [0.05, 0.1) is 11.3 Å². The van der Waals surface area contributed by atoms with Crippen molar-refractivity contribution in [3.8, 4) is 6.07 Å². The predicted molar refractivity (Wildman–Crippen MR) is 72.0 cm³/mol. The molecule has 1 aromatic rings. The van der Waals surface area contributed by atoms with Gasteiger partial charge in [0, 0.05) is 6.04 Å². The highest BCUT2D eigenvalue weighted by Gasteiger charge is 2.05. The molecule has 0 aliphatic heterocycles. The first kappa shape index (κ1) is 12.9. The highest BCUT2D eigenvalue weighted by Crippen LogP contribution is 2.18. The van der Waals surface area contributed by atoms with Gasteiger partial charge in [-0.15, -0.1) is 0 Å². The fourth-order valence-corrected chi connectivity index (χ4v) is 2.10. The molecule has 0 saturated heterocycles. The van der Waals surface area contributed by atoms with Gasteiger partial charge in [0.15, 0.2) is 0 Å². The highest BCUT2D eigenvalue weighted by molar-refractivity contribution is 7.98. The summed E-state index contributed by atoms with van der Waals surface area (Å²) >= 11 is 1.85. The van der Waals surface area contributed by atoms with Crippen molar-refractivity contribution in [1.82, 2.24) is 0 Å². The van der Waals surface area contributed by atoms with Crippen LogP contribution in [0.5, 0.6) is 0 Å². The number of anilines is 1. The first-order valence-corrected chi connectivity index (χ1v) is 6.83. The molecular formula is C13H18N2S. The molecule has 2 nitrogen and oxygen atoms in total. The van der Waals surface area contributed by atoms with Gasteiger partial charge < -0.3 is 5.32 Å². The molecule has 1 atom stereocenters. The lowest BCUT2D eigenvalue weighted by Gasteiger charge is -2.15. The molecule has 0 heterocycles. The number of benzene rings is 1. The fraction of sp³-hybridized carbons (Fsp3) is 0.462. The zero-order chi connectivity index (χ0) is 12.0. The van der Waals surface area contributed by atoms with Crippen LogP contribution in [0.1, 0.15) is 24.5 Å². The Labute approximate surface area is 102 Å². The van der Waals surface area contributed by atoms with Crippen LogP contribution in [0.25, 0.3) is 0 Å². The zero-order valence-electron chi connectivity index (χ0n) is 10.1. The molecule has 0 radical (unpaired) electrons. The molecule has 1 rings (SSSR count). The molecule has 0 aliphatic carbocycles. The number of aryl methyl sites for hydroxylation is 1. The minimum atomic E-state index is 0.405. The van der Waals surface area contributed by atoms with E-state index in [0.29, 0.717) is 6.04 Å². The number of thioether (sulfide) groups is 1. The molecule has 0 spiro atoms. The fourth-order valence-electron chi connectivity index (χ4n) is 1.51. The van der Waals surface area contributed by atoms with E-state index < -0.39 is 0 Å². The van der Waals surface area contributed by atoms with Crippen LogP contribution in [0.2, 0.25) is 0 Å². The zero-order valence-corrected chi connectivity index (χ0v) is 10.9. The van der Waals surface area contributed by atoms with Crippen molar-refractivity contribution in [3.05, 3.63) is 29.3 Å². The van der Waals surface area contributed by atoms with E-state index in [9.17, 15) is 0 Å². The Morgan fingerprint density at radius 3 is 2.88 bits per heavy atom. The van der Waals surface area contributed by atoms with Crippen molar-refractivity contribution in [2.24, 2.45) is 0 Å². The number of hydrogen-bond donors (Lipinski definition) is 1. The number of nitrogens with one attached hydrogen (secondary N) is 1. The van der Waals surface area contributed by atoms with Crippen molar-refractivity contribution in [3.63, 3.8) is 0 Å². The van der Waals surface area contributed by atoms with Gasteiger partial charge in [-0.1, -0.05) is 6.07 Å². The molecule has 0 aromatic heterocycles. The summed E-state index contributed by atoms with van der Waals surface area (Å²) in [7, 11) is 0. The van der Waals surface area contributed by atoms with Crippen LogP contribution in [0, 0.1) is 18.3 Å². The third kappa shape index (κ3) is 3.79. The van der Waals surface area contributed by atoms with E-state index in [2.05, 4.69) is 24.6 Å². The molecule has 0 fully saturated rings. The molecule has 0 saturated carbocycles. The van der Waals surface area contributed by atoms with Crippen LogP contribution in [0.3, 0.4) is 0 Å². The van der Waals surface area contributed by atoms with Crippen molar-refractivity contribution in [2.45, 2.75) is 26.3 Å².